The lowest BCUT2D eigenvalue weighted by atomic mass is 9.95. The van der Waals surface area contributed by atoms with E-state index < -0.39 is 10.0 Å². The molecular formula is C17H28N2O3S. The first kappa shape index (κ1) is 18.2. The smallest absolute Gasteiger partial charge is 0.211 e. The van der Waals surface area contributed by atoms with Gasteiger partial charge in [0.25, 0.3) is 0 Å². The first-order valence-corrected chi connectivity index (χ1v) is 10.00. The SMILES string of the molecule is CCS(=O)(=O)N[C@@H]1CCNC[C@H]1COc1ccc(C(C)C)cc1. The Morgan fingerprint density at radius 3 is 2.61 bits per heavy atom. The highest BCUT2D eigenvalue weighted by Gasteiger charge is 2.28. The van der Waals surface area contributed by atoms with Crippen LogP contribution in [0.4, 0.5) is 0 Å². The molecule has 0 spiro atoms. The average molecular weight is 340 g/mol. The molecule has 1 aromatic carbocycles. The average Bonchev–Trinajstić information content (AvgIpc) is 2.54. The molecule has 130 valence electrons. The van der Waals surface area contributed by atoms with E-state index >= 15 is 0 Å². The zero-order valence-electron chi connectivity index (χ0n) is 14.2. The van der Waals surface area contributed by atoms with Crippen LogP contribution in [0.3, 0.4) is 0 Å². The van der Waals surface area contributed by atoms with Crippen LogP contribution in [-0.4, -0.2) is 39.9 Å². The number of ether oxygens (including phenoxy) is 1. The summed E-state index contributed by atoms with van der Waals surface area (Å²) in [5.74, 6) is 1.58. The lowest BCUT2D eigenvalue weighted by molar-refractivity contribution is 0.191. The molecular weight excluding hydrogens is 312 g/mol. The summed E-state index contributed by atoms with van der Waals surface area (Å²) in [6.45, 7) is 8.08. The van der Waals surface area contributed by atoms with E-state index in [1.54, 1.807) is 6.92 Å². The molecule has 2 rings (SSSR count). The van der Waals surface area contributed by atoms with Crippen LogP contribution >= 0.6 is 0 Å². The van der Waals surface area contributed by atoms with Crippen molar-refractivity contribution in [2.75, 3.05) is 25.4 Å². The predicted molar refractivity (Wildman–Crippen MR) is 93.4 cm³/mol. The van der Waals surface area contributed by atoms with Crippen molar-refractivity contribution in [1.82, 2.24) is 10.0 Å². The minimum absolute atomic E-state index is 0.0591. The summed E-state index contributed by atoms with van der Waals surface area (Å²) in [6.07, 6.45) is 0.791. The van der Waals surface area contributed by atoms with Crippen molar-refractivity contribution < 1.29 is 13.2 Å². The highest BCUT2D eigenvalue weighted by atomic mass is 32.2. The van der Waals surface area contributed by atoms with Crippen molar-refractivity contribution in [3.05, 3.63) is 29.8 Å². The van der Waals surface area contributed by atoms with Crippen molar-refractivity contribution in [3.63, 3.8) is 0 Å². The molecule has 1 aliphatic rings. The van der Waals surface area contributed by atoms with E-state index in [4.69, 9.17) is 4.74 Å². The number of piperidine rings is 1. The quantitative estimate of drug-likeness (QED) is 0.798. The first-order valence-electron chi connectivity index (χ1n) is 8.34. The van der Waals surface area contributed by atoms with E-state index in [0.717, 1.165) is 25.3 Å². The Morgan fingerprint density at radius 1 is 1.30 bits per heavy atom. The Labute approximate surface area is 139 Å². The minimum Gasteiger partial charge on any atom is -0.493 e. The summed E-state index contributed by atoms with van der Waals surface area (Å²) >= 11 is 0. The van der Waals surface area contributed by atoms with Crippen LogP contribution in [0.5, 0.6) is 5.75 Å². The largest absolute Gasteiger partial charge is 0.493 e. The normalized spacial score (nSPS) is 22.3. The van der Waals surface area contributed by atoms with Crippen molar-refractivity contribution in [3.8, 4) is 5.75 Å². The molecule has 2 atom stereocenters. The zero-order valence-corrected chi connectivity index (χ0v) is 15.0. The molecule has 1 aliphatic heterocycles. The summed E-state index contributed by atoms with van der Waals surface area (Å²) in [7, 11) is -3.18. The number of sulfonamides is 1. The second-order valence-electron chi connectivity index (χ2n) is 6.42. The summed E-state index contributed by atoms with van der Waals surface area (Å²) in [5.41, 5.74) is 1.28. The molecule has 0 aromatic heterocycles. The molecule has 5 nitrogen and oxygen atoms in total. The summed E-state index contributed by atoms with van der Waals surface area (Å²) < 4.78 is 32.3. The first-order chi connectivity index (χ1) is 10.9. The van der Waals surface area contributed by atoms with E-state index in [0.29, 0.717) is 12.5 Å². The fraction of sp³-hybridized carbons (Fsp3) is 0.647. The molecule has 0 unspecified atom stereocenters. The van der Waals surface area contributed by atoms with Gasteiger partial charge in [-0.25, -0.2) is 13.1 Å². The highest BCUT2D eigenvalue weighted by Crippen LogP contribution is 2.20. The summed E-state index contributed by atoms with van der Waals surface area (Å²) in [5, 5.41) is 3.31. The molecule has 1 aromatic rings. The molecule has 0 amide bonds. The molecule has 23 heavy (non-hydrogen) atoms. The van der Waals surface area contributed by atoms with Crippen molar-refractivity contribution in [2.45, 2.75) is 39.2 Å². The van der Waals surface area contributed by atoms with Crippen LogP contribution in [0, 0.1) is 5.92 Å². The molecule has 1 saturated heterocycles. The maximum atomic E-state index is 11.8. The van der Waals surface area contributed by atoms with Gasteiger partial charge in [-0.15, -0.1) is 0 Å². The second kappa shape index (κ2) is 8.13. The number of rotatable bonds is 7. The van der Waals surface area contributed by atoms with Crippen LogP contribution in [0.2, 0.25) is 0 Å². The fourth-order valence-corrected chi connectivity index (χ4v) is 3.66. The highest BCUT2D eigenvalue weighted by molar-refractivity contribution is 7.89. The molecule has 0 aliphatic carbocycles. The Kier molecular flexibility index (Phi) is 6.44. The fourth-order valence-electron chi connectivity index (χ4n) is 2.72. The second-order valence-corrected chi connectivity index (χ2v) is 8.46. The monoisotopic (exact) mass is 340 g/mol. The lowest BCUT2D eigenvalue weighted by Crippen LogP contribution is -2.51. The van der Waals surface area contributed by atoms with E-state index in [9.17, 15) is 8.42 Å². The number of nitrogens with one attached hydrogen (secondary N) is 2. The molecule has 1 heterocycles. The van der Waals surface area contributed by atoms with Gasteiger partial charge in [0.15, 0.2) is 0 Å². The van der Waals surface area contributed by atoms with E-state index in [1.165, 1.54) is 5.56 Å². The van der Waals surface area contributed by atoms with Crippen molar-refractivity contribution >= 4 is 10.0 Å². The maximum absolute atomic E-state index is 11.8. The van der Waals surface area contributed by atoms with Crippen LogP contribution in [0.25, 0.3) is 0 Å². The van der Waals surface area contributed by atoms with Crippen LogP contribution in [-0.2, 0) is 10.0 Å². The predicted octanol–water partition coefficient (Wildman–Crippen LogP) is 2.11. The Morgan fingerprint density at radius 2 is 2.00 bits per heavy atom. The minimum atomic E-state index is -3.18. The van der Waals surface area contributed by atoms with Gasteiger partial charge in [0, 0.05) is 18.5 Å². The van der Waals surface area contributed by atoms with Crippen molar-refractivity contribution in [2.24, 2.45) is 5.92 Å². The lowest BCUT2D eigenvalue weighted by Gasteiger charge is -2.32. The molecule has 6 heteroatoms. The zero-order chi connectivity index (χ0) is 16.9. The van der Waals surface area contributed by atoms with Crippen molar-refractivity contribution in [1.29, 1.82) is 0 Å². The van der Waals surface area contributed by atoms with Gasteiger partial charge in [0.2, 0.25) is 10.0 Å². The number of hydrogen-bond acceptors (Lipinski definition) is 4. The van der Waals surface area contributed by atoms with Gasteiger partial charge in [-0.1, -0.05) is 26.0 Å². The molecule has 0 radical (unpaired) electrons. The molecule has 0 bridgehead atoms. The van der Waals surface area contributed by atoms with Crippen LogP contribution in [0.15, 0.2) is 24.3 Å². The van der Waals surface area contributed by atoms with E-state index in [2.05, 4.69) is 36.0 Å². The van der Waals surface area contributed by atoms with Crippen LogP contribution < -0.4 is 14.8 Å². The third-order valence-corrected chi connectivity index (χ3v) is 5.75. The number of benzene rings is 1. The molecule has 1 fully saturated rings. The Balaban J connectivity index is 1.94. The van der Waals surface area contributed by atoms with Gasteiger partial charge in [-0.2, -0.15) is 0 Å². The van der Waals surface area contributed by atoms with Gasteiger partial charge in [-0.05, 0) is 43.5 Å². The van der Waals surface area contributed by atoms with Gasteiger partial charge in [0.05, 0.1) is 12.4 Å². The molecule has 2 N–H and O–H groups in total. The molecule has 0 saturated carbocycles. The van der Waals surface area contributed by atoms with E-state index in [-0.39, 0.29) is 17.7 Å². The van der Waals surface area contributed by atoms with Gasteiger partial charge >= 0.3 is 0 Å². The maximum Gasteiger partial charge on any atom is 0.211 e. The Bertz CT molecular complexity index is 584. The van der Waals surface area contributed by atoms with Crippen LogP contribution in [0.1, 0.15) is 38.7 Å². The van der Waals surface area contributed by atoms with Gasteiger partial charge in [-0.3, -0.25) is 0 Å². The van der Waals surface area contributed by atoms with E-state index in [1.807, 2.05) is 12.1 Å². The third kappa shape index (κ3) is 5.48. The topological polar surface area (TPSA) is 67.4 Å². The standard InChI is InChI=1S/C17H28N2O3S/c1-4-23(20,21)19-17-9-10-18-11-15(17)12-22-16-7-5-14(6-8-16)13(2)3/h5-8,13,15,17-19H,4,9-12H2,1-3H3/t15-,17+/m0/s1. The van der Waals surface area contributed by atoms with Gasteiger partial charge in [0.1, 0.15) is 5.75 Å². The Hall–Kier alpha value is -1.11. The summed E-state index contributed by atoms with van der Waals surface area (Å²) in [6, 6.07) is 8.07. The number of hydrogen-bond donors (Lipinski definition) is 2. The van der Waals surface area contributed by atoms with Gasteiger partial charge < -0.3 is 10.1 Å². The summed E-state index contributed by atoms with van der Waals surface area (Å²) in [4.78, 5) is 0. The third-order valence-electron chi connectivity index (χ3n) is 4.33.